The van der Waals surface area contributed by atoms with Gasteiger partial charge in [-0.1, -0.05) is 22.0 Å². The van der Waals surface area contributed by atoms with Gasteiger partial charge in [-0.05, 0) is 12.1 Å². The van der Waals surface area contributed by atoms with Crippen molar-refractivity contribution in [1.82, 2.24) is 0 Å². The zero-order chi connectivity index (χ0) is 8.55. The van der Waals surface area contributed by atoms with E-state index < -0.39 is 6.17 Å². The Morgan fingerprint density at radius 1 is 1.50 bits per heavy atom. The number of hydrogen-bond acceptors (Lipinski definition) is 1. The number of hydrogen-bond donors (Lipinski definition) is 0. The molecule has 0 N–H and O–H groups in total. The predicted octanol–water partition coefficient (Wildman–Crippen LogP) is 3.24. The van der Waals surface area contributed by atoms with Crippen LogP contribution in [-0.4, -0.2) is 6.61 Å². The number of alkyl halides is 1. The van der Waals surface area contributed by atoms with Gasteiger partial charge in [0.1, 0.15) is 11.9 Å². The molecule has 0 bridgehead atoms. The summed E-state index contributed by atoms with van der Waals surface area (Å²) in [7, 11) is 0. The number of ether oxygens (including phenoxy) is 1. The average Bonchev–Trinajstić information content (AvgIpc) is 2.04. The molecule has 0 aliphatic carbocycles. The first kappa shape index (κ1) is 8.05. The molecule has 1 unspecified atom stereocenters. The van der Waals surface area contributed by atoms with Crippen LogP contribution < -0.4 is 4.74 Å². The van der Waals surface area contributed by atoms with Crippen LogP contribution in [-0.2, 0) is 0 Å². The Labute approximate surface area is 78.7 Å². The first-order valence-electron chi connectivity index (χ1n) is 3.84. The van der Waals surface area contributed by atoms with Gasteiger partial charge in [0.05, 0.1) is 6.61 Å². The minimum absolute atomic E-state index is 0.454. The van der Waals surface area contributed by atoms with Crippen LogP contribution in [0.1, 0.15) is 18.2 Å². The van der Waals surface area contributed by atoms with E-state index in [2.05, 4.69) is 15.9 Å². The molecule has 0 aromatic heterocycles. The lowest BCUT2D eigenvalue weighted by Crippen LogP contribution is -2.11. The molecule has 1 nitrogen and oxygen atoms in total. The van der Waals surface area contributed by atoms with Crippen molar-refractivity contribution >= 4 is 15.9 Å². The number of benzene rings is 1. The van der Waals surface area contributed by atoms with E-state index in [-0.39, 0.29) is 0 Å². The molecule has 0 fully saturated rings. The average molecular weight is 231 g/mol. The molecule has 0 radical (unpaired) electrons. The van der Waals surface area contributed by atoms with E-state index in [9.17, 15) is 4.39 Å². The summed E-state index contributed by atoms with van der Waals surface area (Å²) in [6, 6.07) is 5.48. The van der Waals surface area contributed by atoms with E-state index >= 15 is 0 Å². The molecule has 1 aliphatic rings. The highest BCUT2D eigenvalue weighted by Gasteiger charge is 2.22. The summed E-state index contributed by atoms with van der Waals surface area (Å²) in [5.41, 5.74) is 0.656. The number of rotatable bonds is 0. The third kappa shape index (κ3) is 1.22. The van der Waals surface area contributed by atoms with Crippen molar-refractivity contribution in [2.45, 2.75) is 12.6 Å². The van der Waals surface area contributed by atoms with Gasteiger partial charge >= 0.3 is 0 Å². The summed E-state index contributed by atoms with van der Waals surface area (Å²) in [6.45, 7) is 0.477. The van der Waals surface area contributed by atoms with Gasteiger partial charge in [-0.2, -0.15) is 0 Å². The van der Waals surface area contributed by atoms with Crippen molar-refractivity contribution in [2.24, 2.45) is 0 Å². The van der Waals surface area contributed by atoms with Gasteiger partial charge in [0.2, 0.25) is 0 Å². The molecule has 1 aromatic rings. The molecule has 1 heterocycles. The van der Waals surface area contributed by atoms with Crippen molar-refractivity contribution in [1.29, 1.82) is 0 Å². The maximum Gasteiger partial charge on any atom is 0.133 e. The van der Waals surface area contributed by atoms with Gasteiger partial charge < -0.3 is 4.74 Å². The smallest absolute Gasteiger partial charge is 0.133 e. The molecule has 1 aliphatic heterocycles. The maximum absolute atomic E-state index is 13.3. The summed E-state index contributed by atoms with van der Waals surface area (Å²) in [5, 5.41) is 0. The van der Waals surface area contributed by atoms with Crippen molar-refractivity contribution < 1.29 is 9.13 Å². The summed E-state index contributed by atoms with van der Waals surface area (Å²) in [5.74, 6) is 0.670. The van der Waals surface area contributed by atoms with Crippen LogP contribution >= 0.6 is 15.9 Å². The van der Waals surface area contributed by atoms with E-state index in [4.69, 9.17) is 4.74 Å². The SMILES string of the molecule is FC1CCOc2cccc(Br)c21. The van der Waals surface area contributed by atoms with E-state index in [0.29, 0.717) is 24.3 Å². The van der Waals surface area contributed by atoms with Gasteiger partial charge in [-0.25, -0.2) is 4.39 Å². The van der Waals surface area contributed by atoms with Crippen molar-refractivity contribution in [3.8, 4) is 5.75 Å². The summed E-state index contributed by atoms with van der Waals surface area (Å²) >= 11 is 3.30. The molecule has 0 saturated heterocycles. The van der Waals surface area contributed by atoms with Crippen molar-refractivity contribution in [3.05, 3.63) is 28.2 Å². The standard InChI is InChI=1S/C9H8BrFO/c10-6-2-1-3-8-9(6)7(11)4-5-12-8/h1-3,7H,4-5H2. The lowest BCUT2D eigenvalue weighted by atomic mass is 10.1. The van der Waals surface area contributed by atoms with Crippen LogP contribution in [0.4, 0.5) is 4.39 Å². The summed E-state index contributed by atoms with van der Waals surface area (Å²) in [4.78, 5) is 0. The second-order valence-electron chi connectivity index (χ2n) is 2.76. The minimum atomic E-state index is -0.885. The molecule has 0 saturated carbocycles. The normalized spacial score (nSPS) is 21.3. The Balaban J connectivity index is 2.53. The molecule has 0 spiro atoms. The van der Waals surface area contributed by atoms with Crippen molar-refractivity contribution in [2.75, 3.05) is 6.61 Å². The van der Waals surface area contributed by atoms with Crippen LogP contribution in [0.15, 0.2) is 22.7 Å². The highest BCUT2D eigenvalue weighted by atomic mass is 79.9. The third-order valence-electron chi connectivity index (χ3n) is 1.96. The first-order chi connectivity index (χ1) is 5.79. The van der Waals surface area contributed by atoms with E-state index in [1.807, 2.05) is 12.1 Å². The second-order valence-corrected chi connectivity index (χ2v) is 3.61. The lowest BCUT2D eigenvalue weighted by Gasteiger charge is -2.21. The van der Waals surface area contributed by atoms with Crippen LogP contribution in [0, 0.1) is 0 Å². The van der Waals surface area contributed by atoms with Gasteiger partial charge in [0, 0.05) is 16.5 Å². The second kappa shape index (κ2) is 3.05. The Morgan fingerprint density at radius 2 is 2.33 bits per heavy atom. The van der Waals surface area contributed by atoms with Crippen molar-refractivity contribution in [3.63, 3.8) is 0 Å². The van der Waals surface area contributed by atoms with E-state index in [0.717, 1.165) is 4.47 Å². The van der Waals surface area contributed by atoms with Crippen LogP contribution in [0.3, 0.4) is 0 Å². The monoisotopic (exact) mass is 230 g/mol. The topological polar surface area (TPSA) is 9.23 Å². The molecule has 1 atom stereocenters. The zero-order valence-electron chi connectivity index (χ0n) is 6.39. The molecule has 12 heavy (non-hydrogen) atoms. The lowest BCUT2D eigenvalue weighted by molar-refractivity contribution is 0.199. The molecule has 0 amide bonds. The predicted molar refractivity (Wildman–Crippen MR) is 48.1 cm³/mol. The largest absolute Gasteiger partial charge is 0.493 e. The highest BCUT2D eigenvalue weighted by molar-refractivity contribution is 9.10. The fourth-order valence-corrected chi connectivity index (χ4v) is 1.96. The Morgan fingerprint density at radius 3 is 3.08 bits per heavy atom. The quantitative estimate of drug-likeness (QED) is 0.665. The summed E-state index contributed by atoms with van der Waals surface area (Å²) in [6.07, 6.45) is -0.431. The highest BCUT2D eigenvalue weighted by Crippen LogP contribution is 2.39. The Bertz CT molecular complexity index is 301. The number of halogens is 2. The third-order valence-corrected chi connectivity index (χ3v) is 2.65. The number of fused-ring (bicyclic) bond motifs is 1. The fraction of sp³-hybridized carbons (Fsp3) is 0.333. The Hall–Kier alpha value is -0.570. The first-order valence-corrected chi connectivity index (χ1v) is 4.63. The van der Waals surface area contributed by atoms with Crippen LogP contribution in [0.25, 0.3) is 0 Å². The molecular formula is C9H8BrFO. The molecule has 1 aromatic carbocycles. The van der Waals surface area contributed by atoms with Crippen LogP contribution in [0.5, 0.6) is 5.75 Å². The van der Waals surface area contributed by atoms with E-state index in [1.165, 1.54) is 0 Å². The fourth-order valence-electron chi connectivity index (χ4n) is 1.36. The minimum Gasteiger partial charge on any atom is -0.493 e. The van der Waals surface area contributed by atoms with Gasteiger partial charge in [0.25, 0.3) is 0 Å². The molecule has 3 heteroatoms. The maximum atomic E-state index is 13.3. The molecule has 64 valence electrons. The zero-order valence-corrected chi connectivity index (χ0v) is 7.97. The molecule has 2 rings (SSSR count). The van der Waals surface area contributed by atoms with Gasteiger partial charge in [-0.3, -0.25) is 0 Å². The van der Waals surface area contributed by atoms with Gasteiger partial charge in [0.15, 0.2) is 0 Å². The van der Waals surface area contributed by atoms with Crippen LogP contribution in [0.2, 0.25) is 0 Å². The van der Waals surface area contributed by atoms with Gasteiger partial charge in [-0.15, -0.1) is 0 Å². The Kier molecular flexibility index (Phi) is 2.05. The molecular weight excluding hydrogens is 223 g/mol. The van der Waals surface area contributed by atoms with E-state index in [1.54, 1.807) is 6.07 Å². The summed E-state index contributed by atoms with van der Waals surface area (Å²) < 4.78 is 19.4.